The molecule has 5 heteroatoms. The minimum atomic E-state index is -0.154. The second-order valence-electron chi connectivity index (χ2n) is 4.07. The van der Waals surface area contributed by atoms with Gasteiger partial charge in [-0.2, -0.15) is 0 Å². The SMILES string of the molecule is BrC1C=CC(Br)C23OC12C(Br)C=CC3Br. The average Bonchev–Trinajstić information content (AvgIpc) is 2.93. The van der Waals surface area contributed by atoms with Gasteiger partial charge in [0, 0.05) is 0 Å². The first-order valence-corrected chi connectivity index (χ1v) is 8.35. The van der Waals surface area contributed by atoms with E-state index in [1.807, 2.05) is 0 Å². The molecule has 1 nitrogen and oxygen atoms in total. The zero-order valence-electron chi connectivity index (χ0n) is 7.54. The maximum absolute atomic E-state index is 6.15. The lowest BCUT2D eigenvalue weighted by Crippen LogP contribution is -2.52. The zero-order chi connectivity index (χ0) is 10.8. The Labute approximate surface area is 122 Å². The van der Waals surface area contributed by atoms with Crippen LogP contribution in [0.4, 0.5) is 0 Å². The van der Waals surface area contributed by atoms with Gasteiger partial charge in [0.1, 0.15) is 11.2 Å². The summed E-state index contributed by atoms with van der Waals surface area (Å²) in [6, 6.07) is 0. The summed E-state index contributed by atoms with van der Waals surface area (Å²) in [6.07, 6.45) is 8.66. The summed E-state index contributed by atoms with van der Waals surface area (Å²) in [4.78, 5) is 1.03. The predicted molar refractivity (Wildman–Crippen MR) is 75.7 cm³/mol. The van der Waals surface area contributed by atoms with Crippen LogP contribution in [0.3, 0.4) is 0 Å². The van der Waals surface area contributed by atoms with E-state index in [2.05, 4.69) is 88.0 Å². The Hall–Kier alpha value is 1.36. The van der Waals surface area contributed by atoms with Gasteiger partial charge in [0.25, 0.3) is 0 Å². The van der Waals surface area contributed by atoms with E-state index in [1.54, 1.807) is 0 Å². The fourth-order valence-electron chi connectivity index (χ4n) is 2.61. The molecule has 1 fully saturated rings. The molecule has 0 aromatic carbocycles. The maximum atomic E-state index is 6.15. The molecule has 0 aromatic rings. The normalized spacial score (nSPS) is 61.1. The van der Waals surface area contributed by atoms with Crippen molar-refractivity contribution in [2.24, 2.45) is 0 Å². The summed E-state index contributed by atoms with van der Waals surface area (Å²) < 4.78 is 6.15. The molecule has 3 rings (SSSR count). The molecule has 0 bridgehead atoms. The van der Waals surface area contributed by atoms with Crippen molar-refractivity contribution >= 4 is 63.7 Å². The number of rotatable bonds is 0. The molecule has 0 amide bonds. The summed E-state index contributed by atoms with van der Waals surface area (Å²) in [5.74, 6) is 0. The number of alkyl halides is 4. The number of ether oxygens (including phenoxy) is 1. The first-order valence-electron chi connectivity index (χ1n) is 4.69. The van der Waals surface area contributed by atoms with Gasteiger partial charge in [0.2, 0.25) is 0 Å². The highest BCUT2D eigenvalue weighted by Gasteiger charge is 2.81. The van der Waals surface area contributed by atoms with Crippen LogP contribution >= 0.6 is 63.7 Å². The second kappa shape index (κ2) is 3.44. The lowest BCUT2D eigenvalue weighted by atomic mass is 9.76. The van der Waals surface area contributed by atoms with Crippen LogP contribution in [0.5, 0.6) is 0 Å². The molecule has 3 aliphatic rings. The van der Waals surface area contributed by atoms with Gasteiger partial charge in [-0.15, -0.1) is 0 Å². The van der Waals surface area contributed by atoms with Gasteiger partial charge in [-0.25, -0.2) is 0 Å². The summed E-state index contributed by atoms with van der Waals surface area (Å²) in [5, 5.41) is 0. The molecular formula is C10H8Br4O. The first kappa shape index (κ1) is 11.5. The molecule has 1 saturated heterocycles. The Kier molecular flexibility index (Phi) is 2.62. The Morgan fingerprint density at radius 2 is 0.933 bits per heavy atom. The molecule has 82 valence electrons. The second-order valence-corrected chi connectivity index (χ2v) is 8.01. The van der Waals surface area contributed by atoms with Gasteiger partial charge in [-0.3, -0.25) is 0 Å². The van der Waals surface area contributed by atoms with Crippen LogP contribution in [0.25, 0.3) is 0 Å². The summed E-state index contributed by atoms with van der Waals surface area (Å²) in [5.41, 5.74) is -0.308. The van der Waals surface area contributed by atoms with Crippen molar-refractivity contribution in [3.05, 3.63) is 24.3 Å². The third-order valence-electron chi connectivity index (χ3n) is 3.44. The fourth-order valence-corrected chi connectivity index (χ4v) is 6.97. The van der Waals surface area contributed by atoms with Crippen molar-refractivity contribution in [3.63, 3.8) is 0 Å². The third-order valence-corrected chi connectivity index (χ3v) is 7.39. The molecule has 0 saturated carbocycles. The Morgan fingerprint density at radius 1 is 0.667 bits per heavy atom. The highest BCUT2D eigenvalue weighted by atomic mass is 79.9. The van der Waals surface area contributed by atoms with E-state index in [4.69, 9.17) is 4.74 Å². The maximum Gasteiger partial charge on any atom is 0.133 e. The van der Waals surface area contributed by atoms with Crippen LogP contribution in [0.15, 0.2) is 24.3 Å². The zero-order valence-corrected chi connectivity index (χ0v) is 13.9. The minimum Gasteiger partial charge on any atom is -0.356 e. The van der Waals surface area contributed by atoms with Crippen molar-refractivity contribution in [2.75, 3.05) is 0 Å². The van der Waals surface area contributed by atoms with Crippen molar-refractivity contribution < 1.29 is 4.74 Å². The Morgan fingerprint density at radius 3 is 1.20 bits per heavy atom. The Balaban J connectivity index is 2.14. The standard InChI is InChI=1S/C10H8Br4O/c11-5-1-2-6(12)10-8(14)4-3-7(13)9(5,10)15-10/h1-8H. The lowest BCUT2D eigenvalue weighted by Gasteiger charge is -2.35. The van der Waals surface area contributed by atoms with Gasteiger partial charge < -0.3 is 4.74 Å². The third kappa shape index (κ3) is 1.17. The molecule has 0 N–H and O–H groups in total. The van der Waals surface area contributed by atoms with E-state index in [0.29, 0.717) is 0 Å². The summed E-state index contributed by atoms with van der Waals surface area (Å²) in [6.45, 7) is 0. The van der Waals surface area contributed by atoms with Gasteiger partial charge >= 0.3 is 0 Å². The molecule has 15 heavy (non-hydrogen) atoms. The van der Waals surface area contributed by atoms with Crippen molar-refractivity contribution in [3.8, 4) is 0 Å². The van der Waals surface area contributed by atoms with Crippen molar-refractivity contribution in [2.45, 2.75) is 30.5 Å². The molecule has 1 aliphatic heterocycles. The van der Waals surface area contributed by atoms with Gasteiger partial charge in [0.05, 0.1) is 19.3 Å². The van der Waals surface area contributed by atoms with Gasteiger partial charge in [0.15, 0.2) is 0 Å². The topological polar surface area (TPSA) is 12.5 Å². The van der Waals surface area contributed by atoms with Gasteiger partial charge in [-0.05, 0) is 0 Å². The molecule has 1 heterocycles. The molecule has 4 atom stereocenters. The number of hydrogen-bond donors (Lipinski definition) is 0. The van der Waals surface area contributed by atoms with Crippen LogP contribution in [-0.2, 0) is 4.74 Å². The summed E-state index contributed by atoms with van der Waals surface area (Å²) >= 11 is 14.8. The molecular weight excluding hydrogens is 456 g/mol. The van der Waals surface area contributed by atoms with Crippen LogP contribution in [-0.4, -0.2) is 30.5 Å². The number of epoxide rings is 1. The highest BCUT2D eigenvalue weighted by molar-refractivity contribution is 9.10. The predicted octanol–water partition coefficient (Wildman–Crippen LogP) is 3.69. The monoisotopic (exact) mass is 460 g/mol. The number of halogens is 4. The van der Waals surface area contributed by atoms with Crippen LogP contribution in [0, 0.1) is 0 Å². The van der Waals surface area contributed by atoms with E-state index in [-0.39, 0.29) is 30.5 Å². The molecule has 4 unspecified atom stereocenters. The quantitative estimate of drug-likeness (QED) is 0.303. The van der Waals surface area contributed by atoms with E-state index in [1.165, 1.54) is 0 Å². The van der Waals surface area contributed by atoms with E-state index in [0.717, 1.165) is 0 Å². The van der Waals surface area contributed by atoms with E-state index >= 15 is 0 Å². The van der Waals surface area contributed by atoms with Crippen LogP contribution < -0.4 is 0 Å². The summed E-state index contributed by atoms with van der Waals surface area (Å²) in [7, 11) is 0. The molecule has 0 spiro atoms. The minimum absolute atomic E-state index is 0.154. The molecule has 0 aromatic heterocycles. The first-order chi connectivity index (χ1) is 7.05. The number of hydrogen-bond acceptors (Lipinski definition) is 1. The van der Waals surface area contributed by atoms with Gasteiger partial charge in [-0.1, -0.05) is 88.0 Å². The highest BCUT2D eigenvalue weighted by Crippen LogP contribution is 2.67. The molecule has 2 aliphatic carbocycles. The largest absolute Gasteiger partial charge is 0.356 e. The average molecular weight is 464 g/mol. The van der Waals surface area contributed by atoms with E-state index in [9.17, 15) is 0 Å². The van der Waals surface area contributed by atoms with Crippen LogP contribution in [0.2, 0.25) is 0 Å². The van der Waals surface area contributed by atoms with Crippen molar-refractivity contribution in [1.82, 2.24) is 0 Å². The molecule has 0 radical (unpaired) electrons. The smallest absolute Gasteiger partial charge is 0.133 e. The van der Waals surface area contributed by atoms with Crippen LogP contribution in [0.1, 0.15) is 0 Å². The van der Waals surface area contributed by atoms with E-state index < -0.39 is 0 Å². The lowest BCUT2D eigenvalue weighted by molar-refractivity contribution is 0.282. The Bertz CT molecular complexity index is 306. The fraction of sp³-hybridized carbons (Fsp3) is 0.600. The van der Waals surface area contributed by atoms with Crippen molar-refractivity contribution in [1.29, 1.82) is 0 Å².